The van der Waals surface area contributed by atoms with Gasteiger partial charge in [0.25, 0.3) is 0 Å². The van der Waals surface area contributed by atoms with E-state index in [9.17, 15) is 9.18 Å². The maximum absolute atomic E-state index is 13.5. The number of hydrogen-bond acceptors (Lipinski definition) is 3. The molecule has 0 saturated heterocycles. The van der Waals surface area contributed by atoms with Crippen LogP contribution in [-0.4, -0.2) is 14.3 Å². The normalized spacial score (nSPS) is 10.5. The predicted octanol–water partition coefficient (Wildman–Crippen LogP) is 2.46. The van der Waals surface area contributed by atoms with Gasteiger partial charge in [-0.2, -0.15) is 10.4 Å². The SMILES string of the molecule is Cc1nn(Cc2cc(F)cc(C#N)c2)c(=O)n1Cc1ccccc1. The molecule has 0 aliphatic carbocycles. The zero-order valence-corrected chi connectivity index (χ0v) is 13.1. The lowest BCUT2D eigenvalue weighted by molar-refractivity contribution is 0.610. The van der Waals surface area contributed by atoms with E-state index < -0.39 is 5.82 Å². The molecule has 3 rings (SSSR count). The molecule has 1 aromatic heterocycles. The van der Waals surface area contributed by atoms with Crippen LogP contribution in [0.2, 0.25) is 0 Å². The van der Waals surface area contributed by atoms with Crippen LogP contribution in [0.3, 0.4) is 0 Å². The van der Waals surface area contributed by atoms with E-state index in [1.54, 1.807) is 17.6 Å². The van der Waals surface area contributed by atoms with Crippen LogP contribution < -0.4 is 5.69 Å². The summed E-state index contributed by atoms with van der Waals surface area (Å²) >= 11 is 0. The lowest BCUT2D eigenvalue weighted by Crippen LogP contribution is -2.26. The molecule has 0 N–H and O–H groups in total. The van der Waals surface area contributed by atoms with Crippen LogP contribution in [-0.2, 0) is 13.1 Å². The van der Waals surface area contributed by atoms with Crippen molar-refractivity contribution in [2.45, 2.75) is 20.0 Å². The van der Waals surface area contributed by atoms with Crippen LogP contribution >= 0.6 is 0 Å². The molecule has 6 heteroatoms. The summed E-state index contributed by atoms with van der Waals surface area (Å²) in [5.41, 5.74) is 1.48. The third kappa shape index (κ3) is 3.25. The number of halogens is 1. The summed E-state index contributed by atoms with van der Waals surface area (Å²) in [5.74, 6) is 0.0818. The van der Waals surface area contributed by atoms with E-state index in [0.29, 0.717) is 17.9 Å². The summed E-state index contributed by atoms with van der Waals surface area (Å²) < 4.78 is 16.4. The minimum absolute atomic E-state index is 0.119. The van der Waals surface area contributed by atoms with Crippen molar-refractivity contribution in [2.75, 3.05) is 0 Å². The van der Waals surface area contributed by atoms with E-state index in [1.807, 2.05) is 36.4 Å². The smallest absolute Gasteiger partial charge is 0.275 e. The van der Waals surface area contributed by atoms with E-state index in [2.05, 4.69) is 5.10 Å². The van der Waals surface area contributed by atoms with Gasteiger partial charge in [-0.3, -0.25) is 4.57 Å². The Labute approximate surface area is 138 Å². The summed E-state index contributed by atoms with van der Waals surface area (Å²) in [5, 5.41) is 13.2. The minimum Gasteiger partial charge on any atom is -0.275 e. The van der Waals surface area contributed by atoms with Crippen molar-refractivity contribution in [2.24, 2.45) is 0 Å². The van der Waals surface area contributed by atoms with E-state index in [4.69, 9.17) is 5.26 Å². The highest BCUT2D eigenvalue weighted by Gasteiger charge is 2.11. The number of nitriles is 1. The number of rotatable bonds is 4. The van der Waals surface area contributed by atoms with Crippen LogP contribution in [0.15, 0.2) is 53.3 Å². The largest absolute Gasteiger partial charge is 0.346 e. The Morgan fingerprint density at radius 3 is 2.58 bits per heavy atom. The zero-order chi connectivity index (χ0) is 17.1. The average Bonchev–Trinajstić information content (AvgIpc) is 2.83. The summed E-state index contributed by atoms with van der Waals surface area (Å²) in [7, 11) is 0. The molecule has 3 aromatic rings. The Kier molecular flexibility index (Phi) is 4.25. The highest BCUT2D eigenvalue weighted by molar-refractivity contribution is 5.33. The molecule has 0 saturated carbocycles. The second kappa shape index (κ2) is 6.50. The van der Waals surface area contributed by atoms with Crippen molar-refractivity contribution in [1.82, 2.24) is 14.3 Å². The number of benzene rings is 2. The van der Waals surface area contributed by atoms with Gasteiger partial charge in [0.2, 0.25) is 0 Å². The van der Waals surface area contributed by atoms with Gasteiger partial charge in [-0.25, -0.2) is 13.9 Å². The molecule has 0 radical (unpaired) electrons. The van der Waals surface area contributed by atoms with Gasteiger partial charge in [-0.15, -0.1) is 0 Å². The highest BCUT2D eigenvalue weighted by atomic mass is 19.1. The van der Waals surface area contributed by atoms with E-state index in [1.165, 1.54) is 10.7 Å². The number of hydrogen-bond donors (Lipinski definition) is 0. The molecule has 0 spiro atoms. The molecule has 0 unspecified atom stereocenters. The molecule has 1 heterocycles. The van der Waals surface area contributed by atoms with Gasteiger partial charge in [-0.1, -0.05) is 30.3 Å². The molecule has 5 nitrogen and oxygen atoms in total. The molecule has 0 aliphatic rings. The van der Waals surface area contributed by atoms with E-state index in [0.717, 1.165) is 11.6 Å². The van der Waals surface area contributed by atoms with Crippen LogP contribution in [0.5, 0.6) is 0 Å². The summed E-state index contributed by atoms with van der Waals surface area (Å²) in [4.78, 5) is 12.5. The second-order valence-electron chi connectivity index (χ2n) is 5.52. The fourth-order valence-electron chi connectivity index (χ4n) is 2.58. The van der Waals surface area contributed by atoms with Crippen molar-refractivity contribution in [3.8, 4) is 6.07 Å². The second-order valence-corrected chi connectivity index (χ2v) is 5.52. The molecule has 0 amide bonds. The first-order valence-corrected chi connectivity index (χ1v) is 7.44. The molecule has 24 heavy (non-hydrogen) atoms. The van der Waals surface area contributed by atoms with Crippen LogP contribution in [0, 0.1) is 24.1 Å². The molecule has 120 valence electrons. The third-order valence-electron chi connectivity index (χ3n) is 3.71. The van der Waals surface area contributed by atoms with Gasteiger partial charge < -0.3 is 0 Å². The van der Waals surface area contributed by atoms with Gasteiger partial charge in [0.05, 0.1) is 24.7 Å². The van der Waals surface area contributed by atoms with Gasteiger partial charge in [-0.05, 0) is 36.2 Å². The quantitative estimate of drug-likeness (QED) is 0.741. The van der Waals surface area contributed by atoms with Crippen molar-refractivity contribution in [3.05, 3.63) is 87.3 Å². The van der Waals surface area contributed by atoms with Crippen molar-refractivity contribution in [3.63, 3.8) is 0 Å². The van der Waals surface area contributed by atoms with E-state index >= 15 is 0 Å². The lowest BCUT2D eigenvalue weighted by Gasteiger charge is -2.03. The summed E-state index contributed by atoms with van der Waals surface area (Å²) in [6.45, 7) is 2.30. The number of nitrogens with zero attached hydrogens (tertiary/aromatic N) is 4. The third-order valence-corrected chi connectivity index (χ3v) is 3.71. The molecule has 0 bridgehead atoms. The van der Waals surface area contributed by atoms with E-state index in [-0.39, 0.29) is 17.8 Å². The Morgan fingerprint density at radius 2 is 1.88 bits per heavy atom. The standard InChI is InChI=1S/C18H15FN4O/c1-13-21-23(12-16-7-15(10-20)8-17(19)9-16)18(24)22(13)11-14-5-3-2-4-6-14/h2-9H,11-12H2,1H3. The topological polar surface area (TPSA) is 63.6 Å². The van der Waals surface area contributed by atoms with Crippen molar-refractivity contribution < 1.29 is 4.39 Å². The lowest BCUT2D eigenvalue weighted by atomic mass is 10.1. The van der Waals surface area contributed by atoms with Crippen LogP contribution in [0.4, 0.5) is 4.39 Å². The first-order chi connectivity index (χ1) is 11.6. The van der Waals surface area contributed by atoms with Crippen molar-refractivity contribution >= 4 is 0 Å². The fourth-order valence-corrected chi connectivity index (χ4v) is 2.58. The molecule has 0 atom stereocenters. The first-order valence-electron chi connectivity index (χ1n) is 7.44. The van der Waals surface area contributed by atoms with Crippen LogP contribution in [0.25, 0.3) is 0 Å². The van der Waals surface area contributed by atoms with Gasteiger partial charge in [0.1, 0.15) is 11.6 Å². The number of aryl methyl sites for hydroxylation is 1. The maximum atomic E-state index is 13.5. The van der Waals surface area contributed by atoms with Gasteiger partial charge >= 0.3 is 5.69 Å². The Morgan fingerprint density at radius 1 is 1.12 bits per heavy atom. The Hall–Kier alpha value is -3.20. The summed E-state index contributed by atoms with van der Waals surface area (Å²) in [6, 6.07) is 15.5. The fraction of sp³-hybridized carbons (Fsp3) is 0.167. The van der Waals surface area contributed by atoms with Crippen LogP contribution in [0.1, 0.15) is 22.5 Å². The molecular weight excluding hydrogens is 307 g/mol. The number of aromatic nitrogens is 3. The monoisotopic (exact) mass is 322 g/mol. The maximum Gasteiger partial charge on any atom is 0.346 e. The molecule has 0 aliphatic heterocycles. The summed E-state index contributed by atoms with van der Waals surface area (Å²) in [6.07, 6.45) is 0. The zero-order valence-electron chi connectivity index (χ0n) is 13.1. The molecular formula is C18H15FN4O. The average molecular weight is 322 g/mol. The Balaban J connectivity index is 1.91. The van der Waals surface area contributed by atoms with Gasteiger partial charge in [0, 0.05) is 0 Å². The predicted molar refractivity (Wildman–Crippen MR) is 87.0 cm³/mol. The Bertz CT molecular complexity index is 967. The van der Waals surface area contributed by atoms with Crippen molar-refractivity contribution in [1.29, 1.82) is 5.26 Å². The molecule has 0 fully saturated rings. The van der Waals surface area contributed by atoms with Gasteiger partial charge in [0.15, 0.2) is 0 Å². The first kappa shape index (κ1) is 15.7. The highest BCUT2D eigenvalue weighted by Crippen LogP contribution is 2.10. The molecule has 2 aromatic carbocycles. The minimum atomic E-state index is -0.502.